The normalized spacial score (nSPS) is 11.5. The minimum Gasteiger partial charge on any atom is -0.480 e. The van der Waals surface area contributed by atoms with E-state index in [4.69, 9.17) is 14.7 Å². The van der Waals surface area contributed by atoms with E-state index in [9.17, 15) is 14.7 Å². The number of ether oxygens (including phenoxy) is 2. The van der Waals surface area contributed by atoms with Gasteiger partial charge in [0.1, 0.15) is 12.6 Å². The molecule has 0 saturated heterocycles. The third-order valence-electron chi connectivity index (χ3n) is 2.79. The lowest BCUT2D eigenvalue weighted by Crippen LogP contribution is -2.44. The SMILES string of the molecule is COCCOCC(=O)N[C@@H](Cc1cccc(C#N)c1)C(=O)O. The highest BCUT2D eigenvalue weighted by atomic mass is 16.5. The molecule has 1 aromatic carbocycles. The summed E-state index contributed by atoms with van der Waals surface area (Å²) >= 11 is 0. The highest BCUT2D eigenvalue weighted by molar-refractivity contribution is 5.84. The molecule has 1 atom stereocenters. The standard InChI is InChI=1S/C15H18N2O5/c1-21-5-6-22-10-14(18)17-13(15(19)20)8-11-3-2-4-12(7-11)9-16/h2-4,7,13H,5-6,8,10H2,1H3,(H,17,18)(H,19,20)/t13-/m0/s1. The van der Waals surface area contributed by atoms with Crippen LogP contribution >= 0.6 is 0 Å². The lowest BCUT2D eigenvalue weighted by molar-refractivity contribution is -0.142. The van der Waals surface area contributed by atoms with Crippen molar-refractivity contribution in [3.8, 4) is 6.07 Å². The van der Waals surface area contributed by atoms with Crippen molar-refractivity contribution in [3.63, 3.8) is 0 Å². The third-order valence-corrected chi connectivity index (χ3v) is 2.79. The second-order valence-electron chi connectivity index (χ2n) is 4.52. The molecule has 7 nitrogen and oxygen atoms in total. The summed E-state index contributed by atoms with van der Waals surface area (Å²) in [5.74, 6) is -1.66. The van der Waals surface area contributed by atoms with Gasteiger partial charge in [0.15, 0.2) is 0 Å². The molecule has 7 heteroatoms. The van der Waals surface area contributed by atoms with Gasteiger partial charge in [0.05, 0.1) is 24.8 Å². The summed E-state index contributed by atoms with van der Waals surface area (Å²) in [5.41, 5.74) is 1.10. The van der Waals surface area contributed by atoms with Crippen molar-refractivity contribution in [2.75, 3.05) is 26.9 Å². The number of carbonyl (C=O) groups is 2. The number of carbonyl (C=O) groups excluding carboxylic acids is 1. The number of nitriles is 1. The van der Waals surface area contributed by atoms with E-state index in [1.165, 1.54) is 7.11 Å². The van der Waals surface area contributed by atoms with Crippen LogP contribution < -0.4 is 5.32 Å². The zero-order valence-electron chi connectivity index (χ0n) is 12.2. The fourth-order valence-corrected chi connectivity index (χ4v) is 1.75. The molecule has 0 aliphatic heterocycles. The molecule has 1 rings (SSSR count). The second-order valence-corrected chi connectivity index (χ2v) is 4.52. The van der Waals surface area contributed by atoms with Crippen molar-refractivity contribution in [1.29, 1.82) is 5.26 Å². The van der Waals surface area contributed by atoms with Crippen LogP contribution in [0.15, 0.2) is 24.3 Å². The van der Waals surface area contributed by atoms with E-state index in [1.54, 1.807) is 24.3 Å². The lowest BCUT2D eigenvalue weighted by atomic mass is 10.0. The van der Waals surface area contributed by atoms with Crippen molar-refractivity contribution in [2.45, 2.75) is 12.5 Å². The second kappa shape index (κ2) is 9.50. The van der Waals surface area contributed by atoms with Crippen LogP contribution in [0.1, 0.15) is 11.1 Å². The quantitative estimate of drug-likeness (QED) is 0.637. The van der Waals surface area contributed by atoms with Gasteiger partial charge in [0.25, 0.3) is 0 Å². The Morgan fingerprint density at radius 1 is 1.41 bits per heavy atom. The maximum absolute atomic E-state index is 11.6. The third kappa shape index (κ3) is 6.35. The summed E-state index contributed by atoms with van der Waals surface area (Å²) < 4.78 is 9.80. The first-order valence-electron chi connectivity index (χ1n) is 6.64. The summed E-state index contributed by atoms with van der Waals surface area (Å²) in [5, 5.41) is 20.4. The van der Waals surface area contributed by atoms with E-state index in [0.29, 0.717) is 17.7 Å². The lowest BCUT2D eigenvalue weighted by Gasteiger charge is -2.15. The predicted octanol–water partition coefficient (Wildman–Crippen LogP) is 0.333. The molecular formula is C15H18N2O5. The molecule has 0 aromatic heterocycles. The van der Waals surface area contributed by atoms with Crippen LogP contribution in [-0.2, 0) is 25.5 Å². The maximum Gasteiger partial charge on any atom is 0.326 e. The van der Waals surface area contributed by atoms with E-state index < -0.39 is 17.9 Å². The van der Waals surface area contributed by atoms with Gasteiger partial charge >= 0.3 is 5.97 Å². The van der Waals surface area contributed by atoms with Gasteiger partial charge in [0, 0.05) is 13.5 Å². The van der Waals surface area contributed by atoms with E-state index in [-0.39, 0.29) is 19.6 Å². The van der Waals surface area contributed by atoms with Gasteiger partial charge < -0.3 is 19.9 Å². The number of aliphatic carboxylic acids is 1. The Balaban J connectivity index is 2.56. The first kappa shape index (κ1) is 17.6. The molecule has 0 fully saturated rings. The molecule has 0 spiro atoms. The molecule has 2 N–H and O–H groups in total. The van der Waals surface area contributed by atoms with Gasteiger partial charge in [-0.3, -0.25) is 4.79 Å². The topological polar surface area (TPSA) is 109 Å². The molecule has 0 aliphatic rings. The molecular weight excluding hydrogens is 288 g/mol. The van der Waals surface area contributed by atoms with Gasteiger partial charge in [-0.15, -0.1) is 0 Å². The fraction of sp³-hybridized carbons (Fsp3) is 0.400. The van der Waals surface area contributed by atoms with Gasteiger partial charge in [-0.1, -0.05) is 12.1 Å². The summed E-state index contributed by atoms with van der Waals surface area (Å²) in [6, 6.07) is 7.50. The minimum atomic E-state index is -1.15. The number of hydrogen-bond donors (Lipinski definition) is 2. The van der Waals surface area contributed by atoms with Crippen LogP contribution in [0.4, 0.5) is 0 Å². The largest absolute Gasteiger partial charge is 0.480 e. The zero-order valence-corrected chi connectivity index (χ0v) is 12.2. The Labute approximate surface area is 128 Å². The Kier molecular flexibility index (Phi) is 7.61. The molecule has 0 radical (unpaired) electrons. The van der Waals surface area contributed by atoms with Crippen LogP contribution in [0.5, 0.6) is 0 Å². The molecule has 118 valence electrons. The number of nitrogens with one attached hydrogen (secondary N) is 1. The van der Waals surface area contributed by atoms with E-state index in [2.05, 4.69) is 5.32 Å². The first-order valence-corrected chi connectivity index (χ1v) is 6.64. The Bertz CT molecular complexity index is 553. The molecule has 0 saturated carbocycles. The van der Waals surface area contributed by atoms with Gasteiger partial charge in [-0.25, -0.2) is 4.79 Å². The number of carboxylic acid groups (broad SMARTS) is 1. The van der Waals surface area contributed by atoms with E-state index in [0.717, 1.165) is 0 Å². The van der Waals surface area contributed by atoms with E-state index >= 15 is 0 Å². The van der Waals surface area contributed by atoms with Gasteiger partial charge in [0.2, 0.25) is 5.91 Å². The zero-order chi connectivity index (χ0) is 16.4. The van der Waals surface area contributed by atoms with Crippen LogP contribution in [0, 0.1) is 11.3 Å². The van der Waals surface area contributed by atoms with Crippen molar-refractivity contribution >= 4 is 11.9 Å². The number of carboxylic acids is 1. The van der Waals surface area contributed by atoms with E-state index in [1.807, 2.05) is 6.07 Å². The van der Waals surface area contributed by atoms with Crippen molar-refractivity contribution in [2.24, 2.45) is 0 Å². The number of methoxy groups -OCH3 is 1. The number of benzene rings is 1. The highest BCUT2D eigenvalue weighted by Gasteiger charge is 2.20. The smallest absolute Gasteiger partial charge is 0.326 e. The molecule has 22 heavy (non-hydrogen) atoms. The molecule has 0 heterocycles. The summed E-state index contributed by atoms with van der Waals surface area (Å²) in [6.07, 6.45) is 0.0919. The Hall–Kier alpha value is -2.43. The molecule has 0 unspecified atom stereocenters. The molecule has 1 aromatic rings. The highest BCUT2D eigenvalue weighted by Crippen LogP contribution is 2.07. The average Bonchev–Trinajstić information content (AvgIpc) is 2.51. The molecule has 1 amide bonds. The Morgan fingerprint density at radius 2 is 2.18 bits per heavy atom. The molecule has 0 bridgehead atoms. The first-order chi connectivity index (χ1) is 10.6. The number of nitrogens with zero attached hydrogens (tertiary/aromatic N) is 1. The van der Waals surface area contributed by atoms with Crippen LogP contribution in [0.25, 0.3) is 0 Å². The minimum absolute atomic E-state index is 0.0919. The number of rotatable bonds is 9. The predicted molar refractivity (Wildman–Crippen MR) is 77.1 cm³/mol. The maximum atomic E-state index is 11.6. The van der Waals surface area contributed by atoms with Crippen LogP contribution in [0.3, 0.4) is 0 Å². The number of amides is 1. The van der Waals surface area contributed by atoms with Crippen LogP contribution in [0.2, 0.25) is 0 Å². The van der Waals surface area contributed by atoms with Crippen molar-refractivity contribution in [3.05, 3.63) is 35.4 Å². The van der Waals surface area contributed by atoms with Gasteiger partial charge in [-0.05, 0) is 17.7 Å². The monoisotopic (exact) mass is 306 g/mol. The molecule has 0 aliphatic carbocycles. The summed E-state index contributed by atoms with van der Waals surface area (Å²) in [7, 11) is 1.51. The summed E-state index contributed by atoms with van der Waals surface area (Å²) in [4.78, 5) is 22.9. The van der Waals surface area contributed by atoms with Crippen molar-refractivity contribution < 1.29 is 24.2 Å². The summed E-state index contributed by atoms with van der Waals surface area (Å²) in [6.45, 7) is 0.383. The van der Waals surface area contributed by atoms with Crippen molar-refractivity contribution in [1.82, 2.24) is 5.32 Å². The average molecular weight is 306 g/mol. The fourth-order valence-electron chi connectivity index (χ4n) is 1.75. The van der Waals surface area contributed by atoms with Gasteiger partial charge in [-0.2, -0.15) is 5.26 Å². The Morgan fingerprint density at radius 3 is 2.82 bits per heavy atom. The number of hydrogen-bond acceptors (Lipinski definition) is 5. The van der Waals surface area contributed by atoms with Crippen LogP contribution in [-0.4, -0.2) is 50.0 Å².